The SMILES string of the molecule is NS(=O)(=O)c1ccc(CCNC(=O)c2ccccc2Oc2ccccc2)s1. The van der Waals surface area contributed by atoms with Gasteiger partial charge in [-0.05, 0) is 42.8 Å². The summed E-state index contributed by atoms with van der Waals surface area (Å²) < 4.78 is 28.5. The lowest BCUT2D eigenvalue weighted by atomic mass is 10.2. The van der Waals surface area contributed by atoms with Gasteiger partial charge in [0.25, 0.3) is 5.91 Å². The summed E-state index contributed by atoms with van der Waals surface area (Å²) in [5.74, 6) is 0.852. The van der Waals surface area contributed by atoms with Gasteiger partial charge in [0.15, 0.2) is 0 Å². The van der Waals surface area contributed by atoms with E-state index in [0.29, 0.717) is 30.0 Å². The van der Waals surface area contributed by atoms with Gasteiger partial charge in [-0.2, -0.15) is 0 Å². The Morgan fingerprint density at radius 3 is 2.41 bits per heavy atom. The van der Waals surface area contributed by atoms with Gasteiger partial charge in [-0.25, -0.2) is 13.6 Å². The van der Waals surface area contributed by atoms with Crippen molar-refractivity contribution >= 4 is 27.3 Å². The first-order valence-corrected chi connectivity index (χ1v) is 10.5. The quantitative estimate of drug-likeness (QED) is 0.634. The van der Waals surface area contributed by atoms with E-state index in [2.05, 4.69) is 5.32 Å². The fourth-order valence-corrected chi connectivity index (χ4v) is 4.18. The number of ether oxygens (including phenoxy) is 1. The molecule has 140 valence electrons. The van der Waals surface area contributed by atoms with Crippen molar-refractivity contribution in [2.24, 2.45) is 5.14 Å². The molecule has 2 aromatic carbocycles. The smallest absolute Gasteiger partial charge is 0.255 e. The second-order valence-corrected chi connectivity index (χ2v) is 8.64. The minimum Gasteiger partial charge on any atom is -0.457 e. The number of rotatable bonds is 7. The van der Waals surface area contributed by atoms with Crippen molar-refractivity contribution in [1.29, 1.82) is 0 Å². The Hall–Kier alpha value is -2.68. The molecular formula is C19H18N2O4S2. The number of primary sulfonamides is 1. The minimum atomic E-state index is -3.69. The maximum absolute atomic E-state index is 12.5. The number of hydrogen-bond acceptors (Lipinski definition) is 5. The summed E-state index contributed by atoms with van der Waals surface area (Å²) in [4.78, 5) is 13.3. The number of nitrogens with one attached hydrogen (secondary N) is 1. The van der Waals surface area contributed by atoms with Crippen LogP contribution < -0.4 is 15.2 Å². The van der Waals surface area contributed by atoms with Gasteiger partial charge in [0, 0.05) is 11.4 Å². The van der Waals surface area contributed by atoms with Crippen LogP contribution in [0.25, 0.3) is 0 Å². The number of para-hydroxylation sites is 2. The molecule has 3 N–H and O–H groups in total. The molecule has 0 aliphatic rings. The summed E-state index contributed by atoms with van der Waals surface area (Å²) in [6.07, 6.45) is 0.508. The number of hydrogen-bond donors (Lipinski definition) is 2. The molecule has 8 heteroatoms. The van der Waals surface area contributed by atoms with Crippen molar-refractivity contribution in [2.75, 3.05) is 6.54 Å². The molecule has 0 unspecified atom stereocenters. The molecule has 0 aliphatic heterocycles. The van der Waals surface area contributed by atoms with Gasteiger partial charge in [-0.3, -0.25) is 4.79 Å². The van der Waals surface area contributed by atoms with Crippen LogP contribution in [0.15, 0.2) is 70.9 Å². The molecule has 3 aromatic rings. The average molecular weight is 402 g/mol. The molecule has 1 amide bonds. The van der Waals surface area contributed by atoms with E-state index in [1.165, 1.54) is 6.07 Å². The highest BCUT2D eigenvalue weighted by Gasteiger charge is 2.14. The van der Waals surface area contributed by atoms with Crippen LogP contribution in [0.2, 0.25) is 0 Å². The summed E-state index contributed by atoms with van der Waals surface area (Å²) >= 11 is 1.10. The van der Waals surface area contributed by atoms with Gasteiger partial charge in [-0.15, -0.1) is 11.3 Å². The molecule has 1 heterocycles. The zero-order valence-electron chi connectivity index (χ0n) is 14.3. The highest BCUT2D eigenvalue weighted by atomic mass is 32.2. The summed E-state index contributed by atoms with van der Waals surface area (Å²) in [5.41, 5.74) is 0.428. The molecule has 0 saturated carbocycles. The second kappa shape index (κ2) is 8.34. The Kier molecular flexibility index (Phi) is 5.90. The van der Waals surface area contributed by atoms with E-state index in [4.69, 9.17) is 9.88 Å². The molecule has 0 bridgehead atoms. The van der Waals surface area contributed by atoms with Crippen LogP contribution in [-0.4, -0.2) is 20.9 Å². The molecule has 0 atom stereocenters. The molecule has 27 heavy (non-hydrogen) atoms. The molecule has 1 aromatic heterocycles. The first-order valence-electron chi connectivity index (χ1n) is 8.15. The van der Waals surface area contributed by atoms with Crippen molar-refractivity contribution in [1.82, 2.24) is 5.32 Å². The number of benzene rings is 2. The third-order valence-electron chi connectivity index (χ3n) is 3.68. The Morgan fingerprint density at radius 2 is 1.70 bits per heavy atom. The van der Waals surface area contributed by atoms with Crippen molar-refractivity contribution in [3.63, 3.8) is 0 Å². The zero-order chi connectivity index (χ0) is 19.3. The van der Waals surface area contributed by atoms with E-state index in [1.54, 1.807) is 30.3 Å². The Bertz CT molecular complexity index is 1030. The van der Waals surface area contributed by atoms with Crippen LogP contribution in [-0.2, 0) is 16.4 Å². The topological polar surface area (TPSA) is 98.5 Å². The molecule has 0 saturated heterocycles. The van der Waals surface area contributed by atoms with E-state index in [0.717, 1.165) is 16.2 Å². The Balaban J connectivity index is 1.62. The number of amides is 1. The monoisotopic (exact) mass is 402 g/mol. The highest BCUT2D eigenvalue weighted by Crippen LogP contribution is 2.25. The van der Waals surface area contributed by atoms with Crippen molar-refractivity contribution in [3.8, 4) is 11.5 Å². The lowest BCUT2D eigenvalue weighted by Gasteiger charge is -2.11. The molecule has 0 radical (unpaired) electrons. The van der Waals surface area contributed by atoms with Gasteiger partial charge < -0.3 is 10.1 Å². The standard InChI is InChI=1S/C19H18N2O4S2/c20-27(23,24)18-11-10-15(26-18)12-13-21-19(22)16-8-4-5-9-17(16)25-14-6-2-1-3-7-14/h1-11H,12-13H2,(H,21,22)(H2,20,23,24). The summed E-state index contributed by atoms with van der Waals surface area (Å²) in [6, 6.07) is 19.4. The lowest BCUT2D eigenvalue weighted by molar-refractivity contribution is 0.0952. The Morgan fingerprint density at radius 1 is 1.00 bits per heavy atom. The van der Waals surface area contributed by atoms with Crippen molar-refractivity contribution < 1.29 is 17.9 Å². The largest absolute Gasteiger partial charge is 0.457 e. The summed E-state index contributed by atoms with van der Waals surface area (Å²) in [5, 5.41) is 7.93. The van der Waals surface area contributed by atoms with Crippen LogP contribution in [0.3, 0.4) is 0 Å². The predicted octanol–water partition coefficient (Wildman–Crippen LogP) is 3.16. The second-order valence-electron chi connectivity index (χ2n) is 5.68. The van der Waals surface area contributed by atoms with E-state index in [-0.39, 0.29) is 10.1 Å². The third-order valence-corrected chi connectivity index (χ3v) is 6.26. The molecule has 0 fully saturated rings. The van der Waals surface area contributed by atoms with Crippen LogP contribution in [0, 0.1) is 0 Å². The van der Waals surface area contributed by atoms with E-state index < -0.39 is 10.0 Å². The minimum absolute atomic E-state index is 0.116. The van der Waals surface area contributed by atoms with Gasteiger partial charge >= 0.3 is 0 Å². The number of thiophene rings is 1. The third kappa shape index (κ3) is 5.16. The first-order chi connectivity index (χ1) is 12.9. The van der Waals surface area contributed by atoms with Crippen LogP contribution in [0.4, 0.5) is 0 Å². The number of carbonyl (C=O) groups excluding carboxylic acids is 1. The molecule has 6 nitrogen and oxygen atoms in total. The fourth-order valence-electron chi connectivity index (χ4n) is 2.40. The molecular weight excluding hydrogens is 384 g/mol. The average Bonchev–Trinajstić information content (AvgIpc) is 3.12. The van der Waals surface area contributed by atoms with Crippen LogP contribution in [0.1, 0.15) is 15.2 Å². The Labute approximate surface area is 161 Å². The van der Waals surface area contributed by atoms with E-state index in [1.807, 2.05) is 30.3 Å². The fraction of sp³-hybridized carbons (Fsp3) is 0.105. The number of sulfonamides is 1. The van der Waals surface area contributed by atoms with Crippen LogP contribution >= 0.6 is 11.3 Å². The highest BCUT2D eigenvalue weighted by molar-refractivity contribution is 7.91. The number of carbonyl (C=O) groups is 1. The molecule has 0 aliphatic carbocycles. The lowest BCUT2D eigenvalue weighted by Crippen LogP contribution is -2.25. The maximum atomic E-state index is 12.5. The van der Waals surface area contributed by atoms with E-state index >= 15 is 0 Å². The normalized spacial score (nSPS) is 11.1. The summed E-state index contributed by atoms with van der Waals surface area (Å²) in [7, 11) is -3.69. The molecule has 3 rings (SSSR count). The number of nitrogens with two attached hydrogens (primary N) is 1. The molecule has 0 spiro atoms. The zero-order valence-corrected chi connectivity index (χ0v) is 15.9. The van der Waals surface area contributed by atoms with E-state index in [9.17, 15) is 13.2 Å². The first kappa shape index (κ1) is 19.1. The predicted molar refractivity (Wildman–Crippen MR) is 105 cm³/mol. The van der Waals surface area contributed by atoms with Crippen LogP contribution in [0.5, 0.6) is 11.5 Å². The maximum Gasteiger partial charge on any atom is 0.255 e. The van der Waals surface area contributed by atoms with Gasteiger partial charge in [-0.1, -0.05) is 30.3 Å². The van der Waals surface area contributed by atoms with Gasteiger partial charge in [0.1, 0.15) is 15.7 Å². The van der Waals surface area contributed by atoms with Gasteiger partial charge in [0.2, 0.25) is 10.0 Å². The van der Waals surface area contributed by atoms with Crippen molar-refractivity contribution in [3.05, 3.63) is 77.2 Å². The van der Waals surface area contributed by atoms with Gasteiger partial charge in [0.05, 0.1) is 5.56 Å². The van der Waals surface area contributed by atoms with Crippen molar-refractivity contribution in [2.45, 2.75) is 10.6 Å². The summed E-state index contributed by atoms with van der Waals surface area (Å²) in [6.45, 7) is 0.364.